The van der Waals surface area contributed by atoms with Crippen molar-refractivity contribution in [2.75, 3.05) is 12.4 Å². The lowest BCUT2D eigenvalue weighted by molar-refractivity contribution is 0.102. The van der Waals surface area contributed by atoms with Gasteiger partial charge in [0.25, 0.3) is 5.91 Å². The fourth-order valence-electron chi connectivity index (χ4n) is 2.02. The fraction of sp³-hybridized carbons (Fsp3) is 0.0667. The first-order valence-corrected chi connectivity index (χ1v) is 6.64. The minimum absolute atomic E-state index is 0.255. The van der Waals surface area contributed by atoms with E-state index in [1.807, 2.05) is 12.1 Å². The summed E-state index contributed by atoms with van der Waals surface area (Å²) in [6.45, 7) is 0. The second kappa shape index (κ2) is 5.46. The molecule has 1 amide bonds. The topological polar surface area (TPSA) is 67.0 Å². The molecule has 0 atom stereocenters. The first kappa shape index (κ1) is 13.5. The Morgan fingerprint density at radius 1 is 1.33 bits per heavy atom. The highest BCUT2D eigenvalue weighted by Crippen LogP contribution is 2.27. The number of hydrogen-bond donors (Lipinski definition) is 2. The molecule has 21 heavy (non-hydrogen) atoms. The van der Waals surface area contributed by atoms with Gasteiger partial charge in [-0.25, -0.2) is 0 Å². The highest BCUT2D eigenvalue weighted by molar-refractivity contribution is 6.32. The van der Waals surface area contributed by atoms with Crippen LogP contribution in [0.5, 0.6) is 5.75 Å². The van der Waals surface area contributed by atoms with Crippen LogP contribution < -0.4 is 10.1 Å². The molecule has 2 heterocycles. The van der Waals surface area contributed by atoms with Gasteiger partial charge in [-0.15, -0.1) is 0 Å². The number of halogens is 1. The van der Waals surface area contributed by atoms with Crippen LogP contribution in [0.1, 0.15) is 10.5 Å². The molecule has 0 unspecified atom stereocenters. The monoisotopic (exact) mass is 301 g/mol. The standard InChI is InChI=1S/C15H12ClN3O2/c1-21-14-5-4-9(7-10(14)16)18-15(20)13-8-12-11(19-13)3-2-6-17-12/h2-8,19H,1H3,(H,18,20). The van der Waals surface area contributed by atoms with Gasteiger partial charge in [-0.2, -0.15) is 0 Å². The van der Waals surface area contributed by atoms with Crippen LogP contribution in [0.25, 0.3) is 11.0 Å². The largest absolute Gasteiger partial charge is 0.495 e. The number of aromatic amines is 1. The van der Waals surface area contributed by atoms with E-state index in [1.54, 1.807) is 30.5 Å². The maximum Gasteiger partial charge on any atom is 0.272 e. The molecular formula is C15H12ClN3O2. The summed E-state index contributed by atoms with van der Waals surface area (Å²) in [5.74, 6) is 0.304. The summed E-state index contributed by atoms with van der Waals surface area (Å²) in [6.07, 6.45) is 1.68. The molecular weight excluding hydrogens is 290 g/mol. The summed E-state index contributed by atoms with van der Waals surface area (Å²) in [6, 6.07) is 10.4. The predicted octanol–water partition coefficient (Wildman–Crippen LogP) is 3.48. The fourth-order valence-corrected chi connectivity index (χ4v) is 2.28. The summed E-state index contributed by atoms with van der Waals surface area (Å²) in [7, 11) is 1.54. The Labute approximate surface area is 125 Å². The zero-order valence-corrected chi connectivity index (χ0v) is 11.9. The number of carbonyl (C=O) groups excluding carboxylic acids is 1. The molecule has 0 aliphatic carbocycles. The third kappa shape index (κ3) is 2.68. The van der Waals surface area contributed by atoms with Gasteiger partial charge in [-0.3, -0.25) is 9.78 Å². The van der Waals surface area contributed by atoms with Crippen LogP contribution in [-0.2, 0) is 0 Å². The number of aromatic nitrogens is 2. The van der Waals surface area contributed by atoms with E-state index in [2.05, 4.69) is 15.3 Å². The summed E-state index contributed by atoms with van der Waals surface area (Å²) in [4.78, 5) is 19.4. The number of rotatable bonds is 3. The second-order valence-corrected chi connectivity index (χ2v) is 4.83. The molecule has 2 N–H and O–H groups in total. The molecule has 0 spiro atoms. The van der Waals surface area contributed by atoms with Crippen molar-refractivity contribution in [1.82, 2.24) is 9.97 Å². The van der Waals surface area contributed by atoms with E-state index in [0.29, 0.717) is 22.2 Å². The minimum atomic E-state index is -0.255. The van der Waals surface area contributed by atoms with Gasteiger partial charge in [0.2, 0.25) is 0 Å². The molecule has 0 aliphatic heterocycles. The van der Waals surface area contributed by atoms with Gasteiger partial charge in [0, 0.05) is 11.9 Å². The molecule has 106 valence electrons. The van der Waals surface area contributed by atoms with E-state index in [1.165, 1.54) is 7.11 Å². The van der Waals surface area contributed by atoms with E-state index in [-0.39, 0.29) is 5.91 Å². The molecule has 0 saturated heterocycles. The maximum absolute atomic E-state index is 12.2. The molecule has 5 nitrogen and oxygen atoms in total. The Hall–Kier alpha value is -2.53. The number of carbonyl (C=O) groups is 1. The molecule has 2 aromatic heterocycles. The number of nitrogens with one attached hydrogen (secondary N) is 2. The highest BCUT2D eigenvalue weighted by Gasteiger charge is 2.11. The average molecular weight is 302 g/mol. The van der Waals surface area contributed by atoms with E-state index < -0.39 is 0 Å². The molecule has 0 saturated carbocycles. The van der Waals surface area contributed by atoms with Gasteiger partial charge in [-0.1, -0.05) is 11.6 Å². The van der Waals surface area contributed by atoms with Crippen molar-refractivity contribution in [3.63, 3.8) is 0 Å². The van der Waals surface area contributed by atoms with Gasteiger partial charge in [0.1, 0.15) is 11.4 Å². The van der Waals surface area contributed by atoms with Gasteiger partial charge < -0.3 is 15.0 Å². The van der Waals surface area contributed by atoms with Crippen LogP contribution in [0.4, 0.5) is 5.69 Å². The van der Waals surface area contributed by atoms with Crippen molar-refractivity contribution >= 4 is 34.2 Å². The van der Waals surface area contributed by atoms with Gasteiger partial charge >= 0.3 is 0 Å². The minimum Gasteiger partial charge on any atom is -0.495 e. The zero-order chi connectivity index (χ0) is 14.8. The summed E-state index contributed by atoms with van der Waals surface area (Å²) >= 11 is 6.03. The number of anilines is 1. The second-order valence-electron chi connectivity index (χ2n) is 4.42. The number of nitrogens with zero attached hydrogens (tertiary/aromatic N) is 1. The summed E-state index contributed by atoms with van der Waals surface area (Å²) in [5, 5.41) is 3.21. The number of hydrogen-bond acceptors (Lipinski definition) is 3. The van der Waals surface area contributed by atoms with Crippen molar-refractivity contribution < 1.29 is 9.53 Å². The van der Waals surface area contributed by atoms with Crippen LogP contribution in [0.15, 0.2) is 42.6 Å². The molecule has 1 aromatic carbocycles. The number of methoxy groups -OCH3 is 1. The number of ether oxygens (including phenoxy) is 1. The molecule has 0 aliphatic rings. The lowest BCUT2D eigenvalue weighted by Crippen LogP contribution is -2.12. The number of fused-ring (bicyclic) bond motifs is 1. The number of benzene rings is 1. The van der Waals surface area contributed by atoms with Crippen LogP contribution in [-0.4, -0.2) is 23.0 Å². The Balaban J connectivity index is 1.84. The van der Waals surface area contributed by atoms with E-state index in [0.717, 1.165) is 11.0 Å². The lowest BCUT2D eigenvalue weighted by atomic mass is 10.3. The van der Waals surface area contributed by atoms with Crippen molar-refractivity contribution in [2.45, 2.75) is 0 Å². The Morgan fingerprint density at radius 2 is 2.19 bits per heavy atom. The first-order valence-electron chi connectivity index (χ1n) is 6.26. The van der Waals surface area contributed by atoms with Crippen molar-refractivity contribution in [3.8, 4) is 5.75 Å². The number of H-pyrrole nitrogens is 1. The van der Waals surface area contributed by atoms with Crippen molar-refractivity contribution in [1.29, 1.82) is 0 Å². The normalized spacial score (nSPS) is 10.6. The third-order valence-corrected chi connectivity index (χ3v) is 3.34. The lowest BCUT2D eigenvalue weighted by Gasteiger charge is -2.07. The zero-order valence-electron chi connectivity index (χ0n) is 11.2. The predicted molar refractivity (Wildman–Crippen MR) is 82.1 cm³/mol. The molecule has 0 bridgehead atoms. The summed E-state index contributed by atoms with van der Waals surface area (Å²) < 4.78 is 5.07. The molecule has 6 heteroatoms. The van der Waals surface area contributed by atoms with Crippen LogP contribution in [0.2, 0.25) is 5.02 Å². The SMILES string of the molecule is COc1ccc(NC(=O)c2cc3ncccc3[nH]2)cc1Cl. The molecule has 3 aromatic rings. The van der Waals surface area contributed by atoms with Crippen LogP contribution in [0, 0.1) is 0 Å². The van der Waals surface area contributed by atoms with E-state index in [9.17, 15) is 4.79 Å². The molecule has 0 fully saturated rings. The number of amides is 1. The van der Waals surface area contributed by atoms with Crippen LogP contribution in [0.3, 0.4) is 0 Å². The number of pyridine rings is 1. The Morgan fingerprint density at radius 3 is 2.90 bits per heavy atom. The Bertz CT molecular complexity index is 781. The average Bonchev–Trinajstić information content (AvgIpc) is 2.91. The van der Waals surface area contributed by atoms with Crippen molar-refractivity contribution in [2.24, 2.45) is 0 Å². The molecule has 3 rings (SSSR count). The molecule has 0 radical (unpaired) electrons. The first-order chi connectivity index (χ1) is 10.2. The van der Waals surface area contributed by atoms with Crippen molar-refractivity contribution in [3.05, 3.63) is 53.3 Å². The van der Waals surface area contributed by atoms with Gasteiger partial charge in [0.05, 0.1) is 23.2 Å². The third-order valence-electron chi connectivity index (χ3n) is 3.04. The van der Waals surface area contributed by atoms with E-state index in [4.69, 9.17) is 16.3 Å². The highest BCUT2D eigenvalue weighted by atomic mass is 35.5. The Kier molecular flexibility index (Phi) is 3.50. The smallest absolute Gasteiger partial charge is 0.272 e. The maximum atomic E-state index is 12.2. The summed E-state index contributed by atoms with van der Waals surface area (Å²) in [5.41, 5.74) is 2.60. The van der Waals surface area contributed by atoms with Crippen LogP contribution >= 0.6 is 11.6 Å². The van der Waals surface area contributed by atoms with Gasteiger partial charge in [0.15, 0.2) is 0 Å². The quantitative estimate of drug-likeness (QED) is 0.778. The van der Waals surface area contributed by atoms with E-state index >= 15 is 0 Å². The van der Waals surface area contributed by atoms with Gasteiger partial charge in [-0.05, 0) is 36.4 Å².